The molecule has 30 heavy (non-hydrogen) atoms. The van der Waals surface area contributed by atoms with Crippen LogP contribution in [0.25, 0.3) is 5.69 Å². The minimum absolute atomic E-state index is 0.0619. The van der Waals surface area contributed by atoms with Crippen LogP contribution in [0.1, 0.15) is 46.7 Å². The van der Waals surface area contributed by atoms with Gasteiger partial charge in [-0.05, 0) is 44.0 Å². The van der Waals surface area contributed by atoms with E-state index in [1.54, 1.807) is 6.92 Å². The van der Waals surface area contributed by atoms with Gasteiger partial charge in [-0.3, -0.25) is 4.79 Å². The van der Waals surface area contributed by atoms with E-state index in [2.05, 4.69) is 20.5 Å². The Morgan fingerprint density at radius 1 is 1.23 bits per heavy atom. The smallest absolute Gasteiger partial charge is 0.339 e. The molecule has 0 aliphatic carbocycles. The molecule has 1 aromatic carbocycles. The van der Waals surface area contributed by atoms with E-state index in [1.807, 2.05) is 0 Å². The Bertz CT molecular complexity index is 1060. The first-order valence-corrected chi connectivity index (χ1v) is 9.12. The van der Waals surface area contributed by atoms with Gasteiger partial charge in [0.25, 0.3) is 5.91 Å². The quantitative estimate of drug-likeness (QED) is 0.600. The van der Waals surface area contributed by atoms with Gasteiger partial charge >= 0.3 is 6.18 Å². The van der Waals surface area contributed by atoms with E-state index in [9.17, 15) is 22.4 Å². The third kappa shape index (κ3) is 3.76. The second-order valence-electron chi connectivity index (χ2n) is 6.94. The first-order valence-electron chi connectivity index (χ1n) is 9.12. The Morgan fingerprint density at radius 3 is 2.60 bits per heavy atom. The zero-order chi connectivity index (χ0) is 21.5. The molecule has 2 aromatic heterocycles. The van der Waals surface area contributed by atoms with Crippen LogP contribution in [-0.2, 0) is 6.18 Å². The van der Waals surface area contributed by atoms with Gasteiger partial charge in [0.15, 0.2) is 17.2 Å². The second-order valence-corrected chi connectivity index (χ2v) is 6.94. The van der Waals surface area contributed by atoms with Crippen LogP contribution in [-0.4, -0.2) is 49.0 Å². The van der Waals surface area contributed by atoms with E-state index in [4.69, 9.17) is 4.52 Å². The van der Waals surface area contributed by atoms with Gasteiger partial charge in [0.1, 0.15) is 5.82 Å². The van der Waals surface area contributed by atoms with Crippen LogP contribution < -0.4 is 0 Å². The van der Waals surface area contributed by atoms with E-state index in [0.29, 0.717) is 29.2 Å². The van der Waals surface area contributed by atoms with Crippen molar-refractivity contribution in [1.29, 1.82) is 0 Å². The molecule has 1 atom stereocenters. The topological polar surface area (TPSA) is 89.9 Å². The molecule has 0 saturated carbocycles. The molecule has 1 aliphatic heterocycles. The van der Waals surface area contributed by atoms with Gasteiger partial charge in [0.2, 0.25) is 5.89 Å². The fourth-order valence-electron chi connectivity index (χ4n) is 3.44. The highest BCUT2D eigenvalue weighted by Gasteiger charge is 2.43. The lowest BCUT2D eigenvalue weighted by molar-refractivity contribution is -0.143. The van der Waals surface area contributed by atoms with Gasteiger partial charge in [-0.2, -0.15) is 18.2 Å². The van der Waals surface area contributed by atoms with E-state index in [0.717, 1.165) is 24.3 Å². The molecule has 1 unspecified atom stereocenters. The summed E-state index contributed by atoms with van der Waals surface area (Å²) in [5, 5.41) is 10.7. The van der Waals surface area contributed by atoms with Crippen LogP contribution in [0, 0.1) is 12.7 Å². The van der Waals surface area contributed by atoms with Crippen molar-refractivity contribution in [1.82, 2.24) is 30.0 Å². The lowest BCUT2D eigenvalue weighted by Crippen LogP contribution is -2.40. The monoisotopic (exact) mass is 424 g/mol. The molecular formula is C18H16F4N6O2. The number of benzene rings is 1. The molecule has 1 amide bonds. The Balaban J connectivity index is 1.66. The Labute approximate surface area is 167 Å². The van der Waals surface area contributed by atoms with Gasteiger partial charge < -0.3 is 9.42 Å². The highest BCUT2D eigenvalue weighted by atomic mass is 19.4. The zero-order valence-electron chi connectivity index (χ0n) is 15.7. The summed E-state index contributed by atoms with van der Waals surface area (Å²) in [4.78, 5) is 18.4. The van der Waals surface area contributed by atoms with Crippen molar-refractivity contribution < 1.29 is 26.9 Å². The molecule has 8 nitrogen and oxygen atoms in total. The number of alkyl halides is 3. The van der Waals surface area contributed by atoms with Crippen LogP contribution in [0.5, 0.6) is 0 Å². The number of likely N-dealkylation sites (tertiary alicyclic amines) is 1. The molecule has 1 aliphatic rings. The predicted octanol–water partition coefficient (Wildman–Crippen LogP) is 3.14. The molecule has 0 N–H and O–H groups in total. The molecular weight excluding hydrogens is 408 g/mol. The van der Waals surface area contributed by atoms with Crippen molar-refractivity contribution in [3.63, 3.8) is 0 Å². The number of carbonyl (C=O) groups is 1. The van der Waals surface area contributed by atoms with Crippen LogP contribution in [0.3, 0.4) is 0 Å². The molecule has 158 valence electrons. The van der Waals surface area contributed by atoms with Crippen LogP contribution >= 0.6 is 0 Å². The maximum absolute atomic E-state index is 13.8. The summed E-state index contributed by atoms with van der Waals surface area (Å²) >= 11 is 0. The number of aryl methyl sites for hydroxylation is 1. The second kappa shape index (κ2) is 7.50. The van der Waals surface area contributed by atoms with Crippen LogP contribution in [0.2, 0.25) is 0 Å². The van der Waals surface area contributed by atoms with Crippen molar-refractivity contribution in [2.45, 2.75) is 31.9 Å². The maximum atomic E-state index is 13.8. The van der Waals surface area contributed by atoms with E-state index in [1.165, 1.54) is 4.90 Å². The van der Waals surface area contributed by atoms with Gasteiger partial charge in [-0.1, -0.05) is 10.4 Å². The molecule has 1 saturated heterocycles. The molecule has 4 rings (SSSR count). The van der Waals surface area contributed by atoms with Gasteiger partial charge in [-0.15, -0.1) is 5.10 Å². The number of halogens is 4. The molecule has 0 spiro atoms. The summed E-state index contributed by atoms with van der Waals surface area (Å²) in [5.41, 5.74) is -2.18. The van der Waals surface area contributed by atoms with Crippen molar-refractivity contribution in [2.75, 3.05) is 13.1 Å². The largest absolute Gasteiger partial charge is 0.435 e. The van der Waals surface area contributed by atoms with E-state index >= 15 is 0 Å². The summed E-state index contributed by atoms with van der Waals surface area (Å²) in [5.74, 6) is -0.993. The predicted molar refractivity (Wildman–Crippen MR) is 93.2 cm³/mol. The number of aromatic nitrogens is 5. The number of carbonyl (C=O) groups excluding carboxylic acids is 1. The standard InChI is InChI=1S/C18H16F4N6O2/c1-10-23-16(30-25-10)11-3-2-8-27(9-11)17(29)14-15(18(20,21)22)28(26-24-14)13-6-4-12(19)5-7-13/h4-7,11H,2-3,8-9H2,1H3. The molecule has 3 aromatic rings. The summed E-state index contributed by atoms with van der Waals surface area (Å²) < 4.78 is 60.2. The number of amides is 1. The third-order valence-corrected chi connectivity index (χ3v) is 4.81. The lowest BCUT2D eigenvalue weighted by atomic mass is 9.97. The van der Waals surface area contributed by atoms with Gasteiger partial charge in [0, 0.05) is 13.1 Å². The van der Waals surface area contributed by atoms with E-state index < -0.39 is 29.3 Å². The van der Waals surface area contributed by atoms with E-state index in [-0.39, 0.29) is 24.7 Å². The SMILES string of the molecule is Cc1noc(C2CCCN(C(=O)c3nnn(-c4ccc(F)cc4)c3C(F)(F)F)C2)n1. The maximum Gasteiger partial charge on any atom is 0.435 e. The molecule has 3 heterocycles. The number of hydrogen-bond acceptors (Lipinski definition) is 6. The number of rotatable bonds is 3. The number of nitrogens with zero attached hydrogens (tertiary/aromatic N) is 6. The fraction of sp³-hybridized carbons (Fsp3) is 0.389. The molecule has 0 bridgehead atoms. The lowest BCUT2D eigenvalue weighted by Gasteiger charge is -2.30. The highest BCUT2D eigenvalue weighted by Crippen LogP contribution is 2.34. The van der Waals surface area contributed by atoms with Gasteiger partial charge in [0.05, 0.1) is 11.6 Å². The Kier molecular flexibility index (Phi) is 5.00. The summed E-state index contributed by atoms with van der Waals surface area (Å²) in [6.45, 7) is 2.05. The van der Waals surface area contributed by atoms with Crippen LogP contribution in [0.15, 0.2) is 28.8 Å². The van der Waals surface area contributed by atoms with Gasteiger partial charge in [-0.25, -0.2) is 9.07 Å². The number of piperidine rings is 1. The fourth-order valence-corrected chi connectivity index (χ4v) is 3.44. The normalized spacial score (nSPS) is 17.4. The average Bonchev–Trinajstić information content (AvgIpc) is 3.35. The highest BCUT2D eigenvalue weighted by molar-refractivity contribution is 5.93. The van der Waals surface area contributed by atoms with Crippen molar-refractivity contribution >= 4 is 5.91 Å². The molecule has 12 heteroatoms. The third-order valence-electron chi connectivity index (χ3n) is 4.81. The minimum Gasteiger partial charge on any atom is -0.339 e. The Hall–Kier alpha value is -3.31. The van der Waals surface area contributed by atoms with Crippen molar-refractivity contribution in [2.24, 2.45) is 0 Å². The summed E-state index contributed by atoms with van der Waals surface area (Å²) in [7, 11) is 0. The molecule has 1 fully saturated rings. The zero-order valence-corrected chi connectivity index (χ0v) is 15.7. The summed E-state index contributed by atoms with van der Waals surface area (Å²) in [6, 6.07) is 4.26. The van der Waals surface area contributed by atoms with Crippen molar-refractivity contribution in [3.8, 4) is 5.69 Å². The van der Waals surface area contributed by atoms with Crippen LogP contribution in [0.4, 0.5) is 17.6 Å². The minimum atomic E-state index is -4.90. The number of hydrogen-bond donors (Lipinski definition) is 0. The Morgan fingerprint density at radius 2 is 1.97 bits per heavy atom. The first kappa shape index (κ1) is 20.0. The summed E-state index contributed by atoms with van der Waals surface area (Å²) in [6.07, 6.45) is -3.67. The molecule has 0 radical (unpaired) electrons. The average molecular weight is 424 g/mol. The first-order chi connectivity index (χ1) is 14.2. The van der Waals surface area contributed by atoms with Crippen molar-refractivity contribution in [3.05, 3.63) is 53.2 Å².